The van der Waals surface area contributed by atoms with Gasteiger partial charge in [-0.15, -0.1) is 17.5 Å². The standard InChI is InChI=1S/C42H40N6.Pt/c1-40(2,3)26-21-22-43-38(23-26)48-34-15-11-9-13-28(34)29-18-17-27(24-36(29)48)47-35-16-12-10-14-30(35)42(7,8)31-19-20-32(44-39(31)47)33-25-37(46-45-33)41(4,5)6;/h9-23,25H,1-8H3;/q-2;+2. The number of hydrogen-bond acceptors (Lipinski definition) is 4. The van der Waals surface area contributed by atoms with Crippen LogP contribution in [0.15, 0.2) is 97.2 Å². The Morgan fingerprint density at radius 3 is 2.27 bits per heavy atom. The summed E-state index contributed by atoms with van der Waals surface area (Å²) in [6, 6.07) is 36.2. The Morgan fingerprint density at radius 2 is 1.51 bits per heavy atom. The predicted molar refractivity (Wildman–Crippen MR) is 196 cm³/mol. The van der Waals surface area contributed by atoms with E-state index in [2.05, 4.69) is 172 Å². The SMILES string of the molecule is CC(C)(C)c1ccnc(-n2c3[c-]c(N4c5ccccc5C(C)(C)c5ccc(-c6cc(C(C)(C)C)n[n-]6)nc54)ccc3c3ccccc32)c1.[Pt+2]. The van der Waals surface area contributed by atoms with Gasteiger partial charge in [-0.25, -0.2) is 9.97 Å². The molecule has 5 heterocycles. The number of nitrogens with zero attached hydrogens (tertiary/aromatic N) is 6. The first-order chi connectivity index (χ1) is 22.8. The zero-order valence-corrected chi connectivity index (χ0v) is 31.5. The van der Waals surface area contributed by atoms with Crippen LogP contribution >= 0.6 is 0 Å². The topological polar surface area (TPSA) is 60.9 Å². The monoisotopic (exact) mass is 823 g/mol. The molecule has 8 rings (SSSR count). The second-order valence-electron chi connectivity index (χ2n) is 15.5. The molecule has 0 saturated carbocycles. The summed E-state index contributed by atoms with van der Waals surface area (Å²) in [5.41, 5.74) is 9.86. The largest absolute Gasteiger partial charge is 2.00 e. The molecule has 0 radical (unpaired) electrons. The van der Waals surface area contributed by atoms with E-state index in [-0.39, 0.29) is 37.3 Å². The molecule has 0 saturated heterocycles. The molecular formula is C42H40N6Pt. The molecule has 0 bridgehead atoms. The summed E-state index contributed by atoms with van der Waals surface area (Å²) in [6.07, 6.45) is 1.92. The number of rotatable bonds is 3. The first-order valence-corrected chi connectivity index (χ1v) is 16.7. The number of anilines is 3. The van der Waals surface area contributed by atoms with Gasteiger partial charge in [-0.1, -0.05) is 121 Å². The summed E-state index contributed by atoms with van der Waals surface area (Å²) in [5.74, 6) is 1.76. The Morgan fingerprint density at radius 1 is 0.755 bits per heavy atom. The van der Waals surface area contributed by atoms with Gasteiger partial charge in [-0.3, -0.25) is 0 Å². The molecular weight excluding hydrogens is 784 g/mol. The number of hydrogen-bond donors (Lipinski definition) is 0. The number of benzene rings is 3. The Hall–Kier alpha value is -4.54. The van der Waals surface area contributed by atoms with Crippen LogP contribution in [0.25, 0.3) is 39.0 Å². The fourth-order valence-electron chi connectivity index (χ4n) is 6.99. The maximum absolute atomic E-state index is 5.36. The van der Waals surface area contributed by atoms with Gasteiger partial charge < -0.3 is 19.7 Å². The second-order valence-corrected chi connectivity index (χ2v) is 15.5. The maximum Gasteiger partial charge on any atom is 2.00 e. The molecule has 7 aromatic rings. The van der Waals surface area contributed by atoms with Crippen molar-refractivity contribution in [3.63, 3.8) is 0 Å². The van der Waals surface area contributed by atoms with E-state index >= 15 is 0 Å². The molecule has 0 atom stereocenters. The van der Waals surface area contributed by atoms with Gasteiger partial charge in [0.05, 0.1) is 5.69 Å². The van der Waals surface area contributed by atoms with Crippen LogP contribution < -0.4 is 10.00 Å². The molecule has 0 N–H and O–H groups in total. The van der Waals surface area contributed by atoms with E-state index in [1.165, 1.54) is 16.5 Å². The number of para-hydroxylation sites is 2. The molecule has 4 aromatic heterocycles. The fourth-order valence-corrected chi connectivity index (χ4v) is 6.99. The van der Waals surface area contributed by atoms with E-state index < -0.39 is 0 Å². The van der Waals surface area contributed by atoms with Crippen LogP contribution in [0, 0.1) is 6.07 Å². The molecule has 7 heteroatoms. The molecule has 49 heavy (non-hydrogen) atoms. The Kier molecular flexibility index (Phi) is 7.75. The molecule has 0 unspecified atom stereocenters. The summed E-state index contributed by atoms with van der Waals surface area (Å²) in [5, 5.41) is 11.4. The van der Waals surface area contributed by atoms with E-state index in [0.717, 1.165) is 62.1 Å². The first-order valence-electron chi connectivity index (χ1n) is 16.7. The van der Waals surface area contributed by atoms with Crippen molar-refractivity contribution in [2.45, 2.75) is 71.6 Å². The van der Waals surface area contributed by atoms with Crippen molar-refractivity contribution in [1.29, 1.82) is 0 Å². The third kappa shape index (κ3) is 5.32. The van der Waals surface area contributed by atoms with Crippen molar-refractivity contribution >= 4 is 39.0 Å². The van der Waals surface area contributed by atoms with Crippen LogP contribution in [0.5, 0.6) is 0 Å². The van der Waals surface area contributed by atoms with Gasteiger partial charge in [0.25, 0.3) is 0 Å². The smallest absolute Gasteiger partial charge is 0.573 e. The van der Waals surface area contributed by atoms with Crippen molar-refractivity contribution in [2.24, 2.45) is 0 Å². The Bertz CT molecular complexity index is 2370. The van der Waals surface area contributed by atoms with E-state index in [0.29, 0.717) is 0 Å². The first kappa shape index (κ1) is 33.0. The maximum atomic E-state index is 5.36. The summed E-state index contributed by atoms with van der Waals surface area (Å²) in [4.78, 5) is 12.5. The number of aromatic nitrogens is 5. The van der Waals surface area contributed by atoms with Gasteiger partial charge in [0.2, 0.25) is 0 Å². The molecule has 1 aliphatic rings. The van der Waals surface area contributed by atoms with Crippen molar-refractivity contribution in [3.05, 3.63) is 126 Å². The van der Waals surface area contributed by atoms with E-state index in [1.54, 1.807) is 0 Å². The molecule has 0 aliphatic carbocycles. The van der Waals surface area contributed by atoms with Gasteiger partial charge >= 0.3 is 21.1 Å². The summed E-state index contributed by atoms with van der Waals surface area (Å²) >= 11 is 0. The summed E-state index contributed by atoms with van der Waals surface area (Å²) in [6.45, 7) is 17.7. The fraction of sp³-hybridized carbons (Fsp3) is 0.262. The molecule has 6 nitrogen and oxygen atoms in total. The number of fused-ring (bicyclic) bond motifs is 5. The summed E-state index contributed by atoms with van der Waals surface area (Å²) < 4.78 is 2.25. The van der Waals surface area contributed by atoms with Crippen LogP contribution in [0.3, 0.4) is 0 Å². The Balaban J connectivity index is 0.00000378. The molecule has 0 spiro atoms. The zero-order valence-electron chi connectivity index (χ0n) is 29.2. The van der Waals surface area contributed by atoms with Crippen LogP contribution in [-0.4, -0.2) is 19.6 Å². The number of pyridine rings is 2. The van der Waals surface area contributed by atoms with Crippen molar-refractivity contribution in [2.75, 3.05) is 4.90 Å². The van der Waals surface area contributed by atoms with Gasteiger partial charge in [0.15, 0.2) is 0 Å². The third-order valence-corrected chi connectivity index (χ3v) is 9.80. The second kappa shape index (κ2) is 11.5. The van der Waals surface area contributed by atoms with Crippen molar-refractivity contribution in [1.82, 2.24) is 24.7 Å². The normalized spacial score (nSPS) is 14.1. The van der Waals surface area contributed by atoms with Gasteiger partial charge in [0.1, 0.15) is 11.6 Å². The van der Waals surface area contributed by atoms with E-state index in [4.69, 9.17) is 9.97 Å². The van der Waals surface area contributed by atoms with Gasteiger partial charge in [-0.05, 0) is 52.3 Å². The van der Waals surface area contributed by atoms with Crippen LogP contribution in [0.2, 0.25) is 0 Å². The quantitative estimate of drug-likeness (QED) is 0.166. The average Bonchev–Trinajstić information content (AvgIpc) is 3.69. The van der Waals surface area contributed by atoms with Crippen LogP contribution in [0.4, 0.5) is 17.2 Å². The van der Waals surface area contributed by atoms with Gasteiger partial charge in [-0.2, -0.15) is 6.07 Å². The molecule has 0 fully saturated rings. The van der Waals surface area contributed by atoms with Crippen molar-refractivity contribution < 1.29 is 21.1 Å². The van der Waals surface area contributed by atoms with E-state index in [9.17, 15) is 0 Å². The minimum absolute atomic E-state index is 0. The minimum Gasteiger partial charge on any atom is -0.573 e. The Labute approximate surface area is 302 Å². The van der Waals surface area contributed by atoms with Crippen molar-refractivity contribution in [3.8, 4) is 17.2 Å². The summed E-state index contributed by atoms with van der Waals surface area (Å²) in [7, 11) is 0. The molecule has 0 amide bonds. The molecule has 248 valence electrons. The molecule has 1 aliphatic heterocycles. The predicted octanol–water partition coefficient (Wildman–Crippen LogP) is 10.1. The zero-order chi connectivity index (χ0) is 33.6. The van der Waals surface area contributed by atoms with Crippen LogP contribution in [-0.2, 0) is 37.3 Å². The van der Waals surface area contributed by atoms with Crippen LogP contribution in [0.1, 0.15) is 77.8 Å². The van der Waals surface area contributed by atoms with E-state index in [1.807, 2.05) is 6.20 Å². The minimum atomic E-state index is -0.265. The third-order valence-electron chi connectivity index (χ3n) is 9.80. The average molecular weight is 824 g/mol. The van der Waals surface area contributed by atoms with Gasteiger partial charge in [0, 0.05) is 39.5 Å². The molecule has 3 aromatic carbocycles.